The molecule has 5 rings (SSSR count). The number of nitrogens with zero attached hydrogens (tertiary/aromatic N) is 5. The largest absolute Gasteiger partial charge is 0.486 e. The van der Waals surface area contributed by atoms with E-state index < -0.39 is 28.1 Å². The zero-order chi connectivity index (χ0) is 29.2. The van der Waals surface area contributed by atoms with Crippen molar-refractivity contribution in [1.29, 1.82) is 5.26 Å². The maximum atomic E-state index is 13.5. The van der Waals surface area contributed by atoms with E-state index in [1.807, 2.05) is 11.0 Å². The number of rotatable bonds is 10. The van der Waals surface area contributed by atoms with Gasteiger partial charge in [-0.15, -0.1) is 0 Å². The lowest BCUT2D eigenvalue weighted by Gasteiger charge is -2.35. The highest BCUT2D eigenvalue weighted by molar-refractivity contribution is 7.87. The van der Waals surface area contributed by atoms with E-state index in [-0.39, 0.29) is 24.3 Å². The summed E-state index contributed by atoms with van der Waals surface area (Å²) in [5, 5.41) is 13.7. The summed E-state index contributed by atoms with van der Waals surface area (Å²) in [6.07, 6.45) is 3.60. The zero-order valence-electron chi connectivity index (χ0n) is 22.4. The van der Waals surface area contributed by atoms with Crippen molar-refractivity contribution < 1.29 is 17.9 Å². The van der Waals surface area contributed by atoms with Crippen molar-refractivity contribution >= 4 is 33.3 Å². The van der Waals surface area contributed by atoms with Crippen LogP contribution >= 0.6 is 11.6 Å². The van der Waals surface area contributed by atoms with Gasteiger partial charge in [0.05, 0.1) is 36.7 Å². The van der Waals surface area contributed by atoms with Crippen LogP contribution in [0.1, 0.15) is 35.7 Å². The van der Waals surface area contributed by atoms with E-state index in [4.69, 9.17) is 21.6 Å². The highest BCUT2D eigenvalue weighted by Gasteiger charge is 2.39. The number of benzene rings is 2. The predicted molar refractivity (Wildman–Crippen MR) is 154 cm³/mol. The van der Waals surface area contributed by atoms with E-state index in [2.05, 4.69) is 16.7 Å². The number of ketones is 1. The van der Waals surface area contributed by atoms with Crippen molar-refractivity contribution in [3.05, 3.63) is 81.2 Å². The molecule has 3 aromatic rings. The number of hydrogen-bond acceptors (Lipinski definition) is 8. The quantitative estimate of drug-likeness (QED) is 0.353. The standard InChI is InChI=1S/C28H29ClN6O5S/c1-28(9-10-28)19-40-26-24(17-31-35(27(26)37)23-4-2-3-22(29)15-23)33-11-13-34(14-12-33)41(38,39)32-18-25(36)21-7-5-20(16-30)6-8-21/h2-8,15,17,32H,9-14,18-19H2,1H3. The fourth-order valence-corrected chi connectivity index (χ4v) is 5.76. The van der Waals surface area contributed by atoms with Crippen molar-refractivity contribution in [3.63, 3.8) is 0 Å². The van der Waals surface area contributed by atoms with E-state index in [0.717, 1.165) is 12.8 Å². The normalized spacial score (nSPS) is 16.7. The summed E-state index contributed by atoms with van der Waals surface area (Å²) in [6.45, 7) is 2.94. The number of carbonyl (C=O) groups is 1. The summed E-state index contributed by atoms with van der Waals surface area (Å²) in [5.74, 6) is -0.246. The SMILES string of the molecule is CC1(COc2c(N3CCN(S(=O)(=O)NCC(=O)c4ccc(C#N)cc4)CC3)cnn(-c3cccc(Cl)c3)c2=O)CC1. The third-order valence-corrected chi connectivity index (χ3v) is 9.10. The second kappa shape index (κ2) is 11.6. The van der Waals surface area contributed by atoms with Gasteiger partial charge in [-0.3, -0.25) is 9.59 Å². The lowest BCUT2D eigenvalue weighted by Crippen LogP contribution is -2.53. The molecular formula is C28H29ClN6O5S. The molecule has 0 atom stereocenters. The number of anilines is 1. The Morgan fingerprint density at radius 3 is 2.49 bits per heavy atom. The Labute approximate surface area is 243 Å². The molecule has 1 saturated heterocycles. The van der Waals surface area contributed by atoms with Gasteiger partial charge in [-0.05, 0) is 43.2 Å². The molecule has 2 fully saturated rings. The first-order chi connectivity index (χ1) is 19.6. The lowest BCUT2D eigenvalue weighted by molar-refractivity contribution is 0.0996. The molecular weight excluding hydrogens is 568 g/mol. The number of ether oxygens (including phenoxy) is 1. The first-order valence-electron chi connectivity index (χ1n) is 13.1. The zero-order valence-corrected chi connectivity index (χ0v) is 24.0. The van der Waals surface area contributed by atoms with Crippen LogP contribution in [0, 0.1) is 16.7 Å². The van der Waals surface area contributed by atoms with Gasteiger partial charge in [-0.2, -0.15) is 32.5 Å². The van der Waals surface area contributed by atoms with Crippen molar-refractivity contribution in [1.82, 2.24) is 18.8 Å². The van der Waals surface area contributed by atoms with E-state index in [1.54, 1.807) is 30.5 Å². The van der Waals surface area contributed by atoms with Gasteiger partial charge in [0.2, 0.25) is 5.75 Å². The van der Waals surface area contributed by atoms with Gasteiger partial charge in [0.25, 0.3) is 10.2 Å². The van der Waals surface area contributed by atoms with Crippen LogP contribution in [0.15, 0.2) is 59.5 Å². The monoisotopic (exact) mass is 596 g/mol. The minimum atomic E-state index is -3.93. The summed E-state index contributed by atoms with van der Waals surface area (Å²) in [6, 6.07) is 14.8. The van der Waals surface area contributed by atoms with Crippen LogP contribution in [-0.4, -0.2) is 67.6 Å². The van der Waals surface area contributed by atoms with Crippen molar-refractivity contribution in [3.8, 4) is 17.5 Å². The number of aromatic nitrogens is 2. The molecule has 2 heterocycles. The number of nitrogens with one attached hydrogen (secondary N) is 1. The molecule has 1 N–H and O–H groups in total. The lowest BCUT2D eigenvalue weighted by atomic mass is 10.1. The topological polar surface area (TPSA) is 138 Å². The summed E-state index contributed by atoms with van der Waals surface area (Å²) < 4.78 is 36.9. The van der Waals surface area contributed by atoms with Gasteiger partial charge < -0.3 is 9.64 Å². The predicted octanol–water partition coefficient (Wildman–Crippen LogP) is 2.78. The number of nitriles is 1. The van der Waals surface area contributed by atoms with E-state index in [1.165, 1.54) is 33.3 Å². The highest BCUT2D eigenvalue weighted by atomic mass is 35.5. The Kier molecular flexibility index (Phi) is 8.15. The molecule has 1 aromatic heterocycles. The summed E-state index contributed by atoms with van der Waals surface area (Å²) in [4.78, 5) is 27.9. The minimum absolute atomic E-state index is 0.0293. The van der Waals surface area contributed by atoms with Crippen molar-refractivity contribution in [2.45, 2.75) is 19.8 Å². The van der Waals surface area contributed by atoms with Crippen LogP contribution in [-0.2, 0) is 10.2 Å². The fraction of sp³-hybridized carbons (Fsp3) is 0.357. The molecule has 0 bridgehead atoms. The number of hydrogen-bond donors (Lipinski definition) is 1. The molecule has 0 amide bonds. The van der Waals surface area contributed by atoms with Crippen LogP contribution in [0.3, 0.4) is 0 Å². The number of carbonyl (C=O) groups excluding carboxylic acids is 1. The maximum Gasteiger partial charge on any atom is 0.316 e. The molecule has 1 aliphatic carbocycles. The van der Waals surface area contributed by atoms with Crippen LogP contribution < -0.4 is 19.9 Å². The van der Waals surface area contributed by atoms with Gasteiger partial charge >= 0.3 is 5.56 Å². The molecule has 13 heteroatoms. The molecule has 0 spiro atoms. The third kappa shape index (κ3) is 6.60. The number of halogens is 1. The van der Waals surface area contributed by atoms with Crippen LogP contribution in [0.4, 0.5) is 5.69 Å². The minimum Gasteiger partial charge on any atom is -0.486 e. The number of Topliss-reactive ketones (excluding diaryl/α,β-unsaturated/α-hetero) is 1. The third-order valence-electron chi connectivity index (χ3n) is 7.31. The maximum absolute atomic E-state index is 13.5. The molecule has 41 heavy (non-hydrogen) atoms. The first kappa shape index (κ1) is 28.8. The molecule has 1 aliphatic heterocycles. The Balaban J connectivity index is 1.28. The Morgan fingerprint density at radius 2 is 1.85 bits per heavy atom. The molecule has 1 saturated carbocycles. The van der Waals surface area contributed by atoms with Crippen LogP contribution in [0.5, 0.6) is 5.75 Å². The molecule has 11 nitrogen and oxygen atoms in total. The van der Waals surface area contributed by atoms with Gasteiger partial charge in [0.1, 0.15) is 5.69 Å². The second-order valence-electron chi connectivity index (χ2n) is 10.5. The van der Waals surface area contributed by atoms with Gasteiger partial charge in [0.15, 0.2) is 5.78 Å². The van der Waals surface area contributed by atoms with E-state index in [0.29, 0.717) is 47.2 Å². The fourth-order valence-electron chi connectivity index (χ4n) is 4.44. The first-order valence-corrected chi connectivity index (χ1v) is 14.9. The Bertz CT molecular complexity index is 1660. The van der Waals surface area contributed by atoms with E-state index in [9.17, 15) is 18.0 Å². The van der Waals surface area contributed by atoms with Gasteiger partial charge in [-0.1, -0.05) is 36.7 Å². The highest BCUT2D eigenvalue weighted by Crippen LogP contribution is 2.45. The van der Waals surface area contributed by atoms with Crippen LogP contribution in [0.25, 0.3) is 5.69 Å². The molecule has 214 valence electrons. The number of piperazine rings is 1. The van der Waals surface area contributed by atoms with Gasteiger partial charge in [0, 0.05) is 42.2 Å². The van der Waals surface area contributed by atoms with Crippen molar-refractivity contribution in [2.24, 2.45) is 5.41 Å². The smallest absolute Gasteiger partial charge is 0.316 e. The Hall–Kier alpha value is -3.76. The average Bonchev–Trinajstić information content (AvgIpc) is 3.72. The molecule has 0 radical (unpaired) electrons. The molecule has 0 unspecified atom stereocenters. The summed E-state index contributed by atoms with van der Waals surface area (Å²) in [5.41, 5.74) is 1.33. The molecule has 2 aliphatic rings. The molecule has 2 aromatic carbocycles. The van der Waals surface area contributed by atoms with Gasteiger partial charge in [-0.25, -0.2) is 0 Å². The Morgan fingerprint density at radius 1 is 1.15 bits per heavy atom. The second-order valence-corrected chi connectivity index (χ2v) is 12.7. The van der Waals surface area contributed by atoms with Crippen molar-refractivity contribution in [2.75, 3.05) is 44.2 Å². The summed E-state index contributed by atoms with van der Waals surface area (Å²) in [7, 11) is -3.93. The van der Waals surface area contributed by atoms with E-state index >= 15 is 0 Å². The average molecular weight is 597 g/mol. The summed E-state index contributed by atoms with van der Waals surface area (Å²) >= 11 is 6.13. The van der Waals surface area contributed by atoms with Crippen LogP contribution in [0.2, 0.25) is 5.02 Å².